The molecule has 0 aliphatic carbocycles. The fourth-order valence-corrected chi connectivity index (χ4v) is 3.01. The molecular formula is C21H40O3. The molecule has 0 amide bonds. The Hall–Kier alpha value is -0.860. The molecule has 0 aliphatic heterocycles. The van der Waals surface area contributed by atoms with E-state index >= 15 is 0 Å². The van der Waals surface area contributed by atoms with E-state index in [0.29, 0.717) is 0 Å². The van der Waals surface area contributed by atoms with Crippen LogP contribution in [-0.4, -0.2) is 11.9 Å². The van der Waals surface area contributed by atoms with E-state index in [1.807, 2.05) is 6.92 Å². The van der Waals surface area contributed by atoms with Crippen LogP contribution in [0.15, 0.2) is 0 Å². The summed E-state index contributed by atoms with van der Waals surface area (Å²) in [7, 11) is 0. The van der Waals surface area contributed by atoms with Crippen molar-refractivity contribution in [1.29, 1.82) is 0 Å². The third-order valence-electron chi connectivity index (χ3n) is 4.64. The molecule has 0 heterocycles. The van der Waals surface area contributed by atoms with Crippen LogP contribution < -0.4 is 0 Å². The van der Waals surface area contributed by atoms with Crippen molar-refractivity contribution in [3.8, 4) is 0 Å². The third-order valence-corrected chi connectivity index (χ3v) is 4.64. The van der Waals surface area contributed by atoms with Gasteiger partial charge in [0.25, 0.3) is 0 Å². The number of hydrogen-bond acceptors (Lipinski definition) is 3. The smallest absolute Gasteiger partial charge is 0.316 e. The first-order chi connectivity index (χ1) is 11.6. The Morgan fingerprint density at radius 3 is 1.46 bits per heavy atom. The second-order valence-electron chi connectivity index (χ2n) is 7.20. The maximum absolute atomic E-state index is 11.5. The Kier molecular flexibility index (Phi) is 16.4. The maximum atomic E-state index is 11.5. The zero-order valence-electron chi connectivity index (χ0n) is 16.4. The molecular weight excluding hydrogens is 300 g/mol. The molecule has 3 heteroatoms. The lowest BCUT2D eigenvalue weighted by atomic mass is 10.0. The van der Waals surface area contributed by atoms with Gasteiger partial charge in [-0.15, -0.1) is 0 Å². The Labute approximate surface area is 149 Å². The molecule has 0 bridgehead atoms. The van der Waals surface area contributed by atoms with E-state index in [1.165, 1.54) is 90.4 Å². The third kappa shape index (κ3) is 16.0. The summed E-state index contributed by atoms with van der Waals surface area (Å²) in [5, 5.41) is 0. The SMILES string of the molecule is CCCCCCCCCCCCCCCCC(C)C(=O)OC(C)=O. The zero-order chi connectivity index (χ0) is 18.0. The number of carbonyl (C=O) groups excluding carboxylic acids is 2. The van der Waals surface area contributed by atoms with Crippen molar-refractivity contribution in [3.05, 3.63) is 0 Å². The number of rotatable bonds is 16. The molecule has 0 rings (SSSR count). The van der Waals surface area contributed by atoms with Gasteiger partial charge in [-0.05, 0) is 6.42 Å². The average Bonchev–Trinajstić information content (AvgIpc) is 2.54. The molecule has 0 aromatic carbocycles. The van der Waals surface area contributed by atoms with E-state index in [2.05, 4.69) is 11.7 Å². The van der Waals surface area contributed by atoms with Crippen molar-refractivity contribution in [3.63, 3.8) is 0 Å². The fraction of sp³-hybridized carbons (Fsp3) is 0.905. The maximum Gasteiger partial charge on any atom is 0.316 e. The molecule has 0 aromatic rings. The van der Waals surface area contributed by atoms with Crippen LogP contribution in [0.5, 0.6) is 0 Å². The highest BCUT2D eigenvalue weighted by Gasteiger charge is 2.15. The normalized spacial score (nSPS) is 12.1. The summed E-state index contributed by atoms with van der Waals surface area (Å²) in [6.45, 7) is 5.38. The molecule has 0 fully saturated rings. The second-order valence-corrected chi connectivity index (χ2v) is 7.20. The summed E-state index contributed by atoms with van der Waals surface area (Å²) in [5.74, 6) is -1.05. The minimum absolute atomic E-state index is 0.161. The quantitative estimate of drug-likeness (QED) is 0.181. The highest BCUT2D eigenvalue weighted by atomic mass is 16.6. The van der Waals surface area contributed by atoms with Crippen LogP contribution in [0.25, 0.3) is 0 Å². The second kappa shape index (κ2) is 17.0. The molecule has 0 saturated carbocycles. The van der Waals surface area contributed by atoms with Gasteiger partial charge in [0.1, 0.15) is 0 Å². The first kappa shape index (κ1) is 23.1. The van der Waals surface area contributed by atoms with Gasteiger partial charge >= 0.3 is 11.9 Å². The van der Waals surface area contributed by atoms with Crippen LogP contribution >= 0.6 is 0 Å². The highest BCUT2D eigenvalue weighted by molar-refractivity contribution is 5.85. The molecule has 0 saturated heterocycles. The van der Waals surface area contributed by atoms with Gasteiger partial charge in [0.2, 0.25) is 0 Å². The standard InChI is InChI=1S/C21H40O3/c1-4-5-6-7-8-9-10-11-12-13-14-15-16-17-18-19(2)21(23)24-20(3)22/h19H,4-18H2,1-3H3. The van der Waals surface area contributed by atoms with E-state index in [9.17, 15) is 9.59 Å². The van der Waals surface area contributed by atoms with E-state index in [4.69, 9.17) is 0 Å². The number of hydrogen-bond donors (Lipinski definition) is 0. The Morgan fingerprint density at radius 1 is 0.708 bits per heavy atom. The molecule has 0 spiro atoms. The van der Waals surface area contributed by atoms with Gasteiger partial charge in [-0.3, -0.25) is 9.59 Å². The van der Waals surface area contributed by atoms with Gasteiger partial charge < -0.3 is 4.74 Å². The van der Waals surface area contributed by atoms with Crippen LogP contribution in [-0.2, 0) is 14.3 Å². The summed E-state index contributed by atoms with van der Waals surface area (Å²) in [5.41, 5.74) is 0. The lowest BCUT2D eigenvalue weighted by Gasteiger charge is -2.09. The molecule has 0 aromatic heterocycles. The monoisotopic (exact) mass is 340 g/mol. The predicted molar refractivity (Wildman–Crippen MR) is 101 cm³/mol. The lowest BCUT2D eigenvalue weighted by Crippen LogP contribution is -2.17. The number of esters is 2. The molecule has 0 aliphatic rings. The Morgan fingerprint density at radius 2 is 1.08 bits per heavy atom. The van der Waals surface area contributed by atoms with Gasteiger partial charge in [0.15, 0.2) is 0 Å². The summed E-state index contributed by atoms with van der Waals surface area (Å²) in [4.78, 5) is 22.2. The van der Waals surface area contributed by atoms with Gasteiger partial charge in [-0.1, -0.05) is 104 Å². The van der Waals surface area contributed by atoms with Crippen LogP contribution in [0.3, 0.4) is 0 Å². The first-order valence-electron chi connectivity index (χ1n) is 10.3. The van der Waals surface area contributed by atoms with Gasteiger partial charge in [-0.2, -0.15) is 0 Å². The average molecular weight is 341 g/mol. The topological polar surface area (TPSA) is 43.4 Å². The summed E-state index contributed by atoms with van der Waals surface area (Å²) in [6.07, 6.45) is 19.5. The van der Waals surface area contributed by atoms with Crippen molar-refractivity contribution in [2.45, 2.75) is 117 Å². The minimum Gasteiger partial charge on any atom is -0.393 e. The van der Waals surface area contributed by atoms with E-state index in [1.54, 1.807) is 0 Å². The predicted octanol–water partition coefficient (Wildman–Crippen LogP) is 6.58. The number of unbranched alkanes of at least 4 members (excludes halogenated alkanes) is 13. The Balaban J connectivity index is 3.22. The van der Waals surface area contributed by atoms with Crippen LogP contribution in [0, 0.1) is 5.92 Å². The lowest BCUT2D eigenvalue weighted by molar-refractivity contribution is -0.160. The van der Waals surface area contributed by atoms with E-state index in [-0.39, 0.29) is 11.9 Å². The van der Waals surface area contributed by atoms with Crippen molar-refractivity contribution < 1.29 is 14.3 Å². The summed E-state index contributed by atoms with van der Waals surface area (Å²) >= 11 is 0. The first-order valence-corrected chi connectivity index (χ1v) is 10.3. The molecule has 142 valence electrons. The van der Waals surface area contributed by atoms with Crippen molar-refractivity contribution in [2.75, 3.05) is 0 Å². The van der Waals surface area contributed by atoms with Crippen molar-refractivity contribution in [1.82, 2.24) is 0 Å². The van der Waals surface area contributed by atoms with Gasteiger partial charge in [0, 0.05) is 6.92 Å². The van der Waals surface area contributed by atoms with Crippen molar-refractivity contribution >= 4 is 11.9 Å². The van der Waals surface area contributed by atoms with E-state index in [0.717, 1.165) is 12.8 Å². The Bertz CT molecular complexity index is 312. The molecule has 1 unspecified atom stereocenters. The van der Waals surface area contributed by atoms with Gasteiger partial charge in [-0.25, -0.2) is 0 Å². The zero-order valence-corrected chi connectivity index (χ0v) is 16.4. The molecule has 24 heavy (non-hydrogen) atoms. The van der Waals surface area contributed by atoms with Gasteiger partial charge in [0.05, 0.1) is 5.92 Å². The summed E-state index contributed by atoms with van der Waals surface area (Å²) in [6, 6.07) is 0. The molecule has 3 nitrogen and oxygen atoms in total. The van der Waals surface area contributed by atoms with Crippen molar-refractivity contribution in [2.24, 2.45) is 5.92 Å². The number of ether oxygens (including phenoxy) is 1. The van der Waals surface area contributed by atoms with Crippen LogP contribution in [0.1, 0.15) is 117 Å². The molecule has 0 N–H and O–H groups in total. The molecule has 1 atom stereocenters. The van der Waals surface area contributed by atoms with Crippen LogP contribution in [0.2, 0.25) is 0 Å². The largest absolute Gasteiger partial charge is 0.393 e. The fourth-order valence-electron chi connectivity index (χ4n) is 3.01. The van der Waals surface area contributed by atoms with E-state index < -0.39 is 5.97 Å². The summed E-state index contributed by atoms with van der Waals surface area (Å²) < 4.78 is 4.60. The minimum atomic E-state index is -0.507. The highest BCUT2D eigenvalue weighted by Crippen LogP contribution is 2.15. The molecule has 0 radical (unpaired) electrons. The van der Waals surface area contributed by atoms with Crippen LogP contribution in [0.4, 0.5) is 0 Å². The number of carbonyl (C=O) groups is 2.